The first-order valence-corrected chi connectivity index (χ1v) is 13.4. The van der Waals surface area contributed by atoms with Gasteiger partial charge in [-0.2, -0.15) is 0 Å². The molecule has 0 radical (unpaired) electrons. The summed E-state index contributed by atoms with van der Waals surface area (Å²) in [5.41, 5.74) is 1.53. The Morgan fingerprint density at radius 3 is 2.39 bits per heavy atom. The lowest BCUT2D eigenvalue weighted by Crippen LogP contribution is -2.34. The number of hydrogen-bond donors (Lipinski definition) is 0. The van der Waals surface area contributed by atoms with E-state index in [0.29, 0.717) is 59.7 Å². The van der Waals surface area contributed by atoms with E-state index in [9.17, 15) is 4.79 Å². The quantitative estimate of drug-likeness (QED) is 0.287. The van der Waals surface area contributed by atoms with Gasteiger partial charge in [0.15, 0.2) is 17.3 Å². The van der Waals surface area contributed by atoms with Crippen LogP contribution in [-0.2, 0) is 17.7 Å². The lowest BCUT2D eigenvalue weighted by atomic mass is 10.1. The number of ether oxygens (including phenoxy) is 4. The van der Waals surface area contributed by atoms with Crippen molar-refractivity contribution in [3.63, 3.8) is 0 Å². The highest BCUT2D eigenvalue weighted by Crippen LogP contribution is 2.38. The zero-order chi connectivity index (χ0) is 27.5. The zero-order valence-corrected chi connectivity index (χ0v) is 23.9. The fraction of sp³-hybridized carbons (Fsp3) is 0.423. The van der Waals surface area contributed by atoms with Crippen molar-refractivity contribution >= 4 is 34.3 Å². The topological polar surface area (TPSA) is 101 Å². The molecule has 1 heterocycles. The van der Waals surface area contributed by atoms with Crippen molar-refractivity contribution in [2.45, 2.75) is 31.6 Å². The van der Waals surface area contributed by atoms with Crippen LogP contribution in [0.1, 0.15) is 35.1 Å². The van der Waals surface area contributed by atoms with E-state index in [1.807, 2.05) is 37.3 Å². The number of carbonyl (C=O) groups excluding carboxylic acids is 1. The van der Waals surface area contributed by atoms with E-state index in [2.05, 4.69) is 15.5 Å². The lowest BCUT2D eigenvalue weighted by Gasteiger charge is -2.24. The van der Waals surface area contributed by atoms with Crippen LogP contribution in [0.2, 0.25) is 0 Å². The first kappa shape index (κ1) is 29.2. The summed E-state index contributed by atoms with van der Waals surface area (Å²) in [5, 5.41) is 12.2. The van der Waals surface area contributed by atoms with E-state index in [4.69, 9.17) is 31.2 Å². The van der Waals surface area contributed by atoms with Gasteiger partial charge in [0, 0.05) is 30.8 Å². The van der Waals surface area contributed by atoms with Gasteiger partial charge in [-0.3, -0.25) is 4.79 Å². The van der Waals surface area contributed by atoms with Crippen LogP contribution in [0, 0.1) is 0 Å². The summed E-state index contributed by atoms with van der Waals surface area (Å²) in [7, 11) is 6.31. The van der Waals surface area contributed by atoms with Gasteiger partial charge in [-0.25, -0.2) is 4.68 Å². The van der Waals surface area contributed by atoms with Crippen LogP contribution in [0.5, 0.6) is 17.2 Å². The molecule has 1 atom stereocenters. The van der Waals surface area contributed by atoms with E-state index in [1.54, 1.807) is 28.8 Å². The van der Waals surface area contributed by atoms with Gasteiger partial charge in [-0.1, -0.05) is 42.1 Å². The van der Waals surface area contributed by atoms with E-state index in [0.717, 1.165) is 11.4 Å². The lowest BCUT2D eigenvalue weighted by molar-refractivity contribution is 0.0794. The maximum atomic E-state index is 13.4. The summed E-state index contributed by atoms with van der Waals surface area (Å²) in [6.45, 7) is 3.37. The Hall–Kier alpha value is -3.38. The van der Waals surface area contributed by atoms with Crippen LogP contribution in [0.25, 0.3) is 0 Å². The third kappa shape index (κ3) is 7.81. The second kappa shape index (κ2) is 14.5. The summed E-state index contributed by atoms with van der Waals surface area (Å²) in [4.78, 5) is 15.0. The first-order valence-electron chi connectivity index (χ1n) is 12.1. The van der Waals surface area contributed by atoms with Gasteiger partial charge in [0.2, 0.25) is 10.1 Å². The zero-order valence-electron chi connectivity index (χ0n) is 22.2. The van der Waals surface area contributed by atoms with Crippen LogP contribution < -0.4 is 14.2 Å². The molecule has 2 aromatic carbocycles. The average Bonchev–Trinajstić information content (AvgIpc) is 3.37. The number of tetrazole rings is 1. The summed E-state index contributed by atoms with van der Waals surface area (Å²) in [5.74, 6) is 1.83. The number of nitrogens with zero attached hydrogens (tertiary/aromatic N) is 5. The van der Waals surface area contributed by atoms with Gasteiger partial charge in [-0.15, -0.1) is 5.10 Å². The van der Waals surface area contributed by atoms with Crippen LogP contribution >= 0.6 is 24.0 Å². The molecule has 10 nitrogen and oxygen atoms in total. The molecule has 0 saturated heterocycles. The van der Waals surface area contributed by atoms with E-state index in [-0.39, 0.29) is 11.2 Å². The molecule has 0 bridgehead atoms. The Labute approximate surface area is 232 Å². The minimum atomic E-state index is -0.189. The molecular weight excluding hydrogens is 526 g/mol. The highest BCUT2D eigenvalue weighted by molar-refractivity contribution is 8.23. The summed E-state index contributed by atoms with van der Waals surface area (Å²) < 4.78 is 24.0. The number of rotatable bonds is 13. The molecule has 0 aliphatic heterocycles. The number of carbonyl (C=O) groups is 1. The summed E-state index contributed by atoms with van der Waals surface area (Å²) >= 11 is 6.84. The van der Waals surface area contributed by atoms with Crippen LogP contribution in [0.15, 0.2) is 42.5 Å². The van der Waals surface area contributed by atoms with Gasteiger partial charge >= 0.3 is 0 Å². The number of benzene rings is 2. The highest BCUT2D eigenvalue weighted by Gasteiger charge is 2.23. The molecule has 1 amide bonds. The molecule has 3 rings (SSSR count). The Kier molecular flexibility index (Phi) is 11.2. The van der Waals surface area contributed by atoms with Crippen LogP contribution in [0.3, 0.4) is 0 Å². The largest absolute Gasteiger partial charge is 0.493 e. The van der Waals surface area contributed by atoms with Gasteiger partial charge in [-0.05, 0) is 53.7 Å². The highest BCUT2D eigenvalue weighted by atomic mass is 32.2. The van der Waals surface area contributed by atoms with Crippen molar-refractivity contribution in [2.75, 3.05) is 41.5 Å². The molecular formula is C26H33N5O5S2. The third-order valence-corrected chi connectivity index (χ3v) is 7.17. The molecule has 0 N–H and O–H groups in total. The minimum Gasteiger partial charge on any atom is -0.493 e. The number of methoxy groups -OCH3 is 3. The fourth-order valence-electron chi connectivity index (χ4n) is 3.86. The minimum absolute atomic E-state index is 0.0492. The van der Waals surface area contributed by atoms with E-state index >= 15 is 0 Å². The number of thiocarbonyl (C=S) groups is 1. The average molecular weight is 560 g/mol. The Bertz CT molecular complexity index is 1180. The second-order valence-corrected chi connectivity index (χ2v) is 10.2. The van der Waals surface area contributed by atoms with Gasteiger partial charge < -0.3 is 23.8 Å². The van der Waals surface area contributed by atoms with Crippen molar-refractivity contribution in [1.82, 2.24) is 25.1 Å². The van der Waals surface area contributed by atoms with Crippen molar-refractivity contribution in [2.24, 2.45) is 0 Å². The van der Waals surface area contributed by atoms with Crippen molar-refractivity contribution in [3.05, 3.63) is 59.4 Å². The molecule has 0 aliphatic carbocycles. The monoisotopic (exact) mass is 559 g/mol. The number of amides is 1. The Balaban J connectivity index is 1.74. The number of hydrogen-bond acceptors (Lipinski definition) is 10. The second-order valence-electron chi connectivity index (χ2n) is 8.30. The van der Waals surface area contributed by atoms with Crippen molar-refractivity contribution < 1.29 is 23.7 Å². The third-order valence-electron chi connectivity index (χ3n) is 5.73. The predicted octanol–water partition coefficient (Wildman–Crippen LogP) is 3.88. The maximum Gasteiger partial charge on any atom is 0.253 e. The molecule has 0 saturated carbocycles. The van der Waals surface area contributed by atoms with E-state index in [1.165, 1.54) is 33.1 Å². The maximum absolute atomic E-state index is 13.4. The Morgan fingerprint density at radius 1 is 1.11 bits per heavy atom. The molecule has 3 aromatic rings. The Morgan fingerprint density at radius 2 is 1.79 bits per heavy atom. The summed E-state index contributed by atoms with van der Waals surface area (Å²) in [6, 6.07) is 13.3. The molecule has 1 aromatic heterocycles. The standard InChI is InChI=1S/C26H33N5O5S2/c1-6-36-26(37)38-20(12-13-23-27-28-29-31(23)16-18-10-8-7-9-11-18)17-30(2)25(32)19-14-21(33-3)24(35-5)22(15-19)34-4/h7-11,14-15,20H,6,12-13,16-17H2,1-5H3. The first-order chi connectivity index (χ1) is 18.4. The fourth-order valence-corrected chi connectivity index (χ4v) is 5.38. The normalized spacial score (nSPS) is 11.5. The van der Waals surface area contributed by atoms with Crippen LogP contribution in [-0.4, -0.2) is 82.2 Å². The molecule has 0 spiro atoms. The SMILES string of the molecule is CCOC(=S)SC(CCc1nnnn1Cc1ccccc1)CN(C)C(=O)c1cc(OC)c(OC)c(OC)c1. The predicted molar refractivity (Wildman–Crippen MR) is 150 cm³/mol. The van der Waals surface area contributed by atoms with Gasteiger partial charge in [0.25, 0.3) is 5.91 Å². The number of aryl methyl sites for hydroxylation is 1. The van der Waals surface area contributed by atoms with Crippen LogP contribution in [0.4, 0.5) is 0 Å². The summed E-state index contributed by atoms with van der Waals surface area (Å²) in [6.07, 6.45) is 1.29. The van der Waals surface area contributed by atoms with E-state index < -0.39 is 0 Å². The molecule has 204 valence electrons. The van der Waals surface area contributed by atoms with Crippen molar-refractivity contribution in [1.29, 1.82) is 0 Å². The smallest absolute Gasteiger partial charge is 0.253 e. The number of thioether (sulfide) groups is 1. The van der Waals surface area contributed by atoms with Gasteiger partial charge in [0.1, 0.15) is 0 Å². The molecule has 1 unspecified atom stereocenters. The molecule has 38 heavy (non-hydrogen) atoms. The molecule has 12 heteroatoms. The molecule has 0 aliphatic rings. The van der Waals surface area contributed by atoms with Gasteiger partial charge in [0.05, 0.1) is 34.5 Å². The molecule has 0 fully saturated rings. The van der Waals surface area contributed by atoms with Crippen molar-refractivity contribution in [3.8, 4) is 17.2 Å². The number of aromatic nitrogens is 4.